The second-order valence-electron chi connectivity index (χ2n) is 3.72. The molecule has 2 heterocycles. The first-order valence-corrected chi connectivity index (χ1v) is 7.28. The van der Waals surface area contributed by atoms with Crippen LogP contribution in [-0.4, -0.2) is 15.6 Å². The summed E-state index contributed by atoms with van der Waals surface area (Å²) in [5.74, 6) is 0.0853. The van der Waals surface area contributed by atoms with Crippen LogP contribution < -0.4 is 0 Å². The largest absolute Gasteiger partial charge is 0.294 e. The van der Waals surface area contributed by atoms with E-state index in [1.54, 1.807) is 23.1 Å². The van der Waals surface area contributed by atoms with E-state index >= 15 is 0 Å². The summed E-state index contributed by atoms with van der Waals surface area (Å²) in [7, 11) is 1.77. The molecule has 2 rings (SSSR count). The average Bonchev–Trinajstić information content (AvgIpc) is 2.79. The van der Waals surface area contributed by atoms with Crippen molar-refractivity contribution >= 4 is 51.3 Å². The van der Waals surface area contributed by atoms with Gasteiger partial charge in [-0.25, -0.2) is 0 Å². The third-order valence-electron chi connectivity index (χ3n) is 2.50. The molecule has 0 aliphatic carbocycles. The maximum atomic E-state index is 12.0. The van der Waals surface area contributed by atoms with Crippen LogP contribution in [0.3, 0.4) is 0 Å². The van der Waals surface area contributed by atoms with Gasteiger partial charge in [0.05, 0.1) is 8.58 Å². The number of carbonyl (C=O) groups is 1. The van der Waals surface area contributed by atoms with Crippen LogP contribution in [0.1, 0.15) is 21.6 Å². The SMILES string of the molecule is Cc1nn(C)c(Cl)c1CC(=O)c1csc(I)c1. The van der Waals surface area contributed by atoms with Crippen LogP contribution in [0.5, 0.6) is 0 Å². The van der Waals surface area contributed by atoms with E-state index < -0.39 is 0 Å². The summed E-state index contributed by atoms with van der Waals surface area (Å²) in [6.45, 7) is 1.87. The number of aryl methyl sites for hydroxylation is 2. The molecular weight excluding hydrogens is 371 g/mol. The normalized spacial score (nSPS) is 10.8. The summed E-state index contributed by atoms with van der Waals surface area (Å²) in [4.78, 5) is 12.0. The van der Waals surface area contributed by atoms with E-state index in [0.29, 0.717) is 11.6 Å². The first-order chi connectivity index (χ1) is 7.99. The minimum absolute atomic E-state index is 0.0853. The summed E-state index contributed by atoms with van der Waals surface area (Å²) < 4.78 is 2.71. The Morgan fingerprint density at radius 2 is 2.35 bits per heavy atom. The van der Waals surface area contributed by atoms with E-state index in [1.165, 1.54) is 0 Å². The summed E-state index contributed by atoms with van der Waals surface area (Å²) in [6.07, 6.45) is 0.311. The molecule has 17 heavy (non-hydrogen) atoms. The highest BCUT2D eigenvalue weighted by Crippen LogP contribution is 2.23. The third-order valence-corrected chi connectivity index (χ3v) is 4.76. The van der Waals surface area contributed by atoms with Crippen LogP contribution in [-0.2, 0) is 13.5 Å². The number of nitrogens with zero attached hydrogens (tertiary/aromatic N) is 2. The van der Waals surface area contributed by atoms with Crippen LogP contribution in [0.2, 0.25) is 5.15 Å². The number of ketones is 1. The van der Waals surface area contributed by atoms with Crippen LogP contribution in [0.25, 0.3) is 0 Å². The fourth-order valence-electron chi connectivity index (χ4n) is 1.59. The zero-order valence-electron chi connectivity index (χ0n) is 9.33. The lowest BCUT2D eigenvalue weighted by Gasteiger charge is -1.98. The van der Waals surface area contributed by atoms with E-state index in [4.69, 9.17) is 11.6 Å². The molecule has 0 fully saturated rings. The van der Waals surface area contributed by atoms with Gasteiger partial charge >= 0.3 is 0 Å². The molecule has 0 saturated heterocycles. The number of carbonyl (C=O) groups excluding carboxylic acids is 1. The second kappa shape index (κ2) is 5.07. The average molecular weight is 381 g/mol. The lowest BCUT2D eigenvalue weighted by atomic mass is 10.1. The molecule has 0 N–H and O–H groups in total. The number of rotatable bonds is 3. The molecule has 0 atom stereocenters. The van der Waals surface area contributed by atoms with Crippen LogP contribution in [0.4, 0.5) is 0 Å². The number of hydrogen-bond donors (Lipinski definition) is 0. The van der Waals surface area contributed by atoms with Crippen molar-refractivity contribution in [2.45, 2.75) is 13.3 Å². The van der Waals surface area contributed by atoms with Gasteiger partial charge in [0, 0.05) is 30.0 Å². The fourth-order valence-corrected chi connectivity index (χ4v) is 3.19. The Kier molecular flexibility index (Phi) is 3.89. The van der Waals surface area contributed by atoms with Crippen molar-refractivity contribution in [1.29, 1.82) is 0 Å². The van der Waals surface area contributed by atoms with E-state index in [9.17, 15) is 4.79 Å². The van der Waals surface area contributed by atoms with Crippen LogP contribution in [0.15, 0.2) is 11.4 Å². The Hall–Kier alpha value is -0.400. The van der Waals surface area contributed by atoms with Crippen molar-refractivity contribution in [2.24, 2.45) is 7.05 Å². The minimum atomic E-state index is 0.0853. The van der Waals surface area contributed by atoms with Crippen LogP contribution in [0, 0.1) is 9.81 Å². The molecule has 0 aliphatic heterocycles. The number of aromatic nitrogens is 2. The van der Waals surface area contributed by atoms with Gasteiger partial charge in [-0.05, 0) is 35.6 Å². The van der Waals surface area contributed by atoms with E-state index in [2.05, 4.69) is 27.7 Å². The van der Waals surface area contributed by atoms with Gasteiger partial charge in [-0.1, -0.05) is 11.6 Å². The van der Waals surface area contributed by atoms with Gasteiger partial charge < -0.3 is 0 Å². The number of hydrogen-bond acceptors (Lipinski definition) is 3. The van der Waals surface area contributed by atoms with Crippen molar-refractivity contribution in [3.05, 3.63) is 36.3 Å². The Labute approximate surface area is 122 Å². The second-order valence-corrected chi connectivity index (χ2v) is 6.88. The van der Waals surface area contributed by atoms with Crippen molar-refractivity contribution in [3.8, 4) is 0 Å². The maximum absolute atomic E-state index is 12.0. The Bertz CT molecular complexity index is 576. The molecule has 0 radical (unpaired) electrons. The predicted octanol–water partition coefficient (Wildman–Crippen LogP) is 3.47. The summed E-state index contributed by atoms with van der Waals surface area (Å²) >= 11 is 9.88. The molecule has 0 spiro atoms. The summed E-state index contributed by atoms with van der Waals surface area (Å²) in [5, 5.41) is 6.62. The van der Waals surface area contributed by atoms with Crippen molar-refractivity contribution in [1.82, 2.24) is 9.78 Å². The van der Waals surface area contributed by atoms with E-state index in [-0.39, 0.29) is 5.78 Å². The zero-order chi connectivity index (χ0) is 12.6. The predicted molar refractivity (Wildman–Crippen MR) is 78.0 cm³/mol. The minimum Gasteiger partial charge on any atom is -0.294 e. The van der Waals surface area contributed by atoms with Gasteiger partial charge in [-0.2, -0.15) is 5.10 Å². The van der Waals surface area contributed by atoms with Gasteiger partial charge in [-0.3, -0.25) is 9.48 Å². The van der Waals surface area contributed by atoms with Gasteiger partial charge in [0.2, 0.25) is 0 Å². The van der Waals surface area contributed by atoms with E-state index in [0.717, 1.165) is 19.7 Å². The topological polar surface area (TPSA) is 34.9 Å². The molecule has 0 aliphatic rings. The van der Waals surface area contributed by atoms with Crippen LogP contribution >= 0.6 is 45.5 Å². The van der Waals surface area contributed by atoms with Crippen molar-refractivity contribution in [3.63, 3.8) is 0 Å². The van der Waals surface area contributed by atoms with Crippen molar-refractivity contribution < 1.29 is 4.79 Å². The third kappa shape index (κ3) is 2.71. The Morgan fingerprint density at radius 3 is 2.82 bits per heavy atom. The van der Waals surface area contributed by atoms with Gasteiger partial charge in [0.1, 0.15) is 5.15 Å². The first-order valence-electron chi connectivity index (χ1n) is 4.94. The van der Waals surface area contributed by atoms with Gasteiger partial charge in [0.15, 0.2) is 5.78 Å². The molecule has 6 heteroatoms. The lowest BCUT2D eigenvalue weighted by molar-refractivity contribution is 0.0993. The maximum Gasteiger partial charge on any atom is 0.168 e. The summed E-state index contributed by atoms with van der Waals surface area (Å²) in [5.41, 5.74) is 2.38. The smallest absolute Gasteiger partial charge is 0.168 e. The van der Waals surface area contributed by atoms with Crippen molar-refractivity contribution in [2.75, 3.05) is 0 Å². The summed E-state index contributed by atoms with van der Waals surface area (Å²) in [6, 6.07) is 1.90. The lowest BCUT2D eigenvalue weighted by Crippen LogP contribution is -2.03. The highest BCUT2D eigenvalue weighted by molar-refractivity contribution is 14.1. The monoisotopic (exact) mass is 380 g/mol. The van der Waals surface area contributed by atoms with Gasteiger partial charge in [0.25, 0.3) is 0 Å². The van der Waals surface area contributed by atoms with E-state index in [1.807, 2.05) is 18.4 Å². The molecule has 2 aromatic heterocycles. The highest BCUT2D eigenvalue weighted by Gasteiger charge is 2.16. The molecule has 0 aromatic carbocycles. The molecule has 2 aromatic rings. The zero-order valence-corrected chi connectivity index (χ0v) is 13.1. The molecule has 0 amide bonds. The number of halogens is 2. The Balaban J connectivity index is 2.24. The quantitative estimate of drug-likeness (QED) is 0.604. The fraction of sp³-hybridized carbons (Fsp3) is 0.273. The molecular formula is C11H10ClIN2OS. The molecule has 0 saturated carbocycles. The van der Waals surface area contributed by atoms with Gasteiger partial charge in [-0.15, -0.1) is 11.3 Å². The molecule has 0 unspecified atom stereocenters. The Morgan fingerprint density at radius 1 is 1.65 bits per heavy atom. The first kappa shape index (κ1) is 13.0. The number of Topliss-reactive ketones (excluding diaryl/α,β-unsaturated/α-hetero) is 1. The highest BCUT2D eigenvalue weighted by atomic mass is 127. The molecule has 3 nitrogen and oxygen atoms in total. The molecule has 90 valence electrons. The number of thiophene rings is 1. The standard InChI is InChI=1S/C11H10ClIN2OS/c1-6-8(11(12)15(2)14-6)4-9(16)7-3-10(13)17-5-7/h3,5H,4H2,1-2H3. The molecule has 0 bridgehead atoms.